The van der Waals surface area contributed by atoms with E-state index in [4.69, 9.17) is 16.9 Å². The third-order valence-electron chi connectivity index (χ3n) is 3.74. The third-order valence-corrected chi connectivity index (χ3v) is 4.09. The Hall–Kier alpha value is -1.08. The molecule has 0 radical (unpaired) electrons. The molecule has 1 aromatic carbocycles. The van der Waals surface area contributed by atoms with Crippen molar-refractivity contribution in [3.05, 3.63) is 34.3 Å². The van der Waals surface area contributed by atoms with Crippen LogP contribution in [0.25, 0.3) is 0 Å². The maximum atomic E-state index is 10.4. The molecule has 1 aliphatic carbocycles. The van der Waals surface area contributed by atoms with Crippen LogP contribution in [-0.2, 0) is 6.54 Å². The standard InChI is InChI=1S/C15H19ClN2O/c16-14-8-12(9-17)4-5-13(14)10-18-11-15(19)6-2-1-3-7-15/h4-5,8,18-19H,1-3,6-7,10-11H2. The Kier molecular flexibility index (Phi) is 4.81. The maximum Gasteiger partial charge on any atom is 0.0992 e. The van der Waals surface area contributed by atoms with Crippen molar-refractivity contribution >= 4 is 11.6 Å². The number of aliphatic hydroxyl groups is 1. The van der Waals surface area contributed by atoms with Crippen LogP contribution in [0, 0.1) is 11.3 Å². The van der Waals surface area contributed by atoms with Crippen molar-refractivity contribution in [1.82, 2.24) is 5.32 Å². The molecule has 1 fully saturated rings. The second kappa shape index (κ2) is 6.38. The van der Waals surface area contributed by atoms with Gasteiger partial charge in [-0.05, 0) is 30.5 Å². The molecule has 3 nitrogen and oxygen atoms in total. The smallest absolute Gasteiger partial charge is 0.0992 e. The van der Waals surface area contributed by atoms with Crippen molar-refractivity contribution in [2.45, 2.75) is 44.2 Å². The van der Waals surface area contributed by atoms with Gasteiger partial charge in [-0.15, -0.1) is 0 Å². The summed E-state index contributed by atoms with van der Waals surface area (Å²) >= 11 is 6.11. The zero-order valence-corrected chi connectivity index (χ0v) is 11.7. The lowest BCUT2D eigenvalue weighted by atomic mass is 9.85. The van der Waals surface area contributed by atoms with Crippen LogP contribution in [0.2, 0.25) is 5.02 Å². The minimum absolute atomic E-state index is 0.558. The van der Waals surface area contributed by atoms with Crippen LogP contribution in [0.15, 0.2) is 18.2 Å². The lowest BCUT2D eigenvalue weighted by molar-refractivity contribution is 0.00468. The molecular weight excluding hydrogens is 260 g/mol. The summed E-state index contributed by atoms with van der Waals surface area (Å²) in [6.07, 6.45) is 5.19. The van der Waals surface area contributed by atoms with Gasteiger partial charge in [0.15, 0.2) is 0 Å². The molecule has 0 heterocycles. The van der Waals surface area contributed by atoms with E-state index in [0.717, 1.165) is 31.2 Å². The van der Waals surface area contributed by atoms with Gasteiger partial charge in [0.1, 0.15) is 0 Å². The molecule has 2 rings (SSSR count). The van der Waals surface area contributed by atoms with Crippen LogP contribution in [0.5, 0.6) is 0 Å². The van der Waals surface area contributed by atoms with Gasteiger partial charge in [-0.1, -0.05) is 36.9 Å². The molecule has 1 aliphatic rings. The molecule has 0 atom stereocenters. The van der Waals surface area contributed by atoms with E-state index >= 15 is 0 Å². The first-order valence-electron chi connectivity index (χ1n) is 6.75. The van der Waals surface area contributed by atoms with Crippen molar-refractivity contribution in [2.24, 2.45) is 0 Å². The van der Waals surface area contributed by atoms with Gasteiger partial charge in [0.25, 0.3) is 0 Å². The van der Waals surface area contributed by atoms with Gasteiger partial charge < -0.3 is 10.4 Å². The van der Waals surface area contributed by atoms with Crippen LogP contribution in [0.4, 0.5) is 0 Å². The van der Waals surface area contributed by atoms with Crippen LogP contribution in [0.1, 0.15) is 43.2 Å². The fraction of sp³-hybridized carbons (Fsp3) is 0.533. The summed E-state index contributed by atoms with van der Waals surface area (Å²) in [4.78, 5) is 0. The largest absolute Gasteiger partial charge is 0.389 e. The highest BCUT2D eigenvalue weighted by atomic mass is 35.5. The maximum absolute atomic E-state index is 10.4. The SMILES string of the molecule is N#Cc1ccc(CNCC2(O)CCCCC2)c(Cl)c1. The van der Waals surface area contributed by atoms with Gasteiger partial charge in [0, 0.05) is 18.1 Å². The quantitative estimate of drug-likeness (QED) is 0.890. The number of benzene rings is 1. The monoisotopic (exact) mass is 278 g/mol. The number of nitrogens with one attached hydrogen (secondary N) is 1. The van der Waals surface area contributed by atoms with Gasteiger partial charge in [0.05, 0.1) is 17.2 Å². The second-order valence-corrected chi connectivity index (χ2v) is 5.71. The summed E-state index contributed by atoms with van der Waals surface area (Å²) in [6.45, 7) is 1.22. The first-order chi connectivity index (χ1) is 9.13. The average Bonchev–Trinajstić information content (AvgIpc) is 2.41. The topological polar surface area (TPSA) is 56.0 Å². The van der Waals surface area contributed by atoms with Crippen LogP contribution >= 0.6 is 11.6 Å². The molecule has 0 amide bonds. The normalized spacial score (nSPS) is 17.9. The molecule has 1 saturated carbocycles. The summed E-state index contributed by atoms with van der Waals surface area (Å²) in [5, 5.41) is 23.0. The minimum atomic E-state index is -0.558. The highest BCUT2D eigenvalue weighted by molar-refractivity contribution is 6.31. The molecule has 102 valence electrons. The molecule has 0 aromatic heterocycles. The number of rotatable bonds is 4. The molecule has 0 saturated heterocycles. The predicted octanol–water partition coefficient (Wildman–Crippen LogP) is 3.00. The van der Waals surface area contributed by atoms with E-state index in [1.165, 1.54) is 6.42 Å². The fourth-order valence-electron chi connectivity index (χ4n) is 2.58. The molecule has 2 N–H and O–H groups in total. The van der Waals surface area contributed by atoms with Crippen LogP contribution in [-0.4, -0.2) is 17.3 Å². The second-order valence-electron chi connectivity index (χ2n) is 5.31. The zero-order valence-electron chi connectivity index (χ0n) is 11.0. The summed E-state index contributed by atoms with van der Waals surface area (Å²) < 4.78 is 0. The first-order valence-corrected chi connectivity index (χ1v) is 7.12. The van der Waals surface area contributed by atoms with E-state index in [2.05, 4.69) is 11.4 Å². The molecule has 19 heavy (non-hydrogen) atoms. The average molecular weight is 279 g/mol. The molecule has 0 spiro atoms. The van der Waals surface area contributed by atoms with E-state index < -0.39 is 5.60 Å². The zero-order chi connectivity index (χ0) is 13.7. The molecule has 0 bridgehead atoms. The summed E-state index contributed by atoms with van der Waals surface area (Å²) in [5.41, 5.74) is 0.969. The van der Waals surface area contributed by atoms with E-state index in [0.29, 0.717) is 23.7 Å². The predicted molar refractivity (Wildman–Crippen MR) is 75.9 cm³/mol. The molecule has 0 unspecified atom stereocenters. The van der Waals surface area contributed by atoms with Gasteiger partial charge in [-0.25, -0.2) is 0 Å². The minimum Gasteiger partial charge on any atom is -0.389 e. The fourth-order valence-corrected chi connectivity index (χ4v) is 2.82. The Morgan fingerprint density at radius 3 is 2.68 bits per heavy atom. The van der Waals surface area contributed by atoms with Crippen molar-refractivity contribution in [3.63, 3.8) is 0 Å². The van der Waals surface area contributed by atoms with Crippen LogP contribution in [0.3, 0.4) is 0 Å². The Morgan fingerprint density at radius 1 is 1.32 bits per heavy atom. The third kappa shape index (κ3) is 3.94. The Labute approximate surface area is 119 Å². The molecule has 4 heteroatoms. The Balaban J connectivity index is 1.87. The van der Waals surface area contributed by atoms with Gasteiger partial charge in [-0.3, -0.25) is 0 Å². The molecule has 1 aromatic rings. The van der Waals surface area contributed by atoms with Crippen molar-refractivity contribution in [1.29, 1.82) is 5.26 Å². The van der Waals surface area contributed by atoms with Gasteiger partial charge >= 0.3 is 0 Å². The Bertz CT molecular complexity index is 476. The summed E-state index contributed by atoms with van der Waals surface area (Å²) in [5.74, 6) is 0. The van der Waals surface area contributed by atoms with E-state index in [1.54, 1.807) is 12.1 Å². The summed E-state index contributed by atoms with van der Waals surface area (Å²) in [6, 6.07) is 7.36. The highest BCUT2D eigenvalue weighted by Gasteiger charge is 2.28. The van der Waals surface area contributed by atoms with Gasteiger partial charge in [-0.2, -0.15) is 5.26 Å². The number of halogens is 1. The van der Waals surface area contributed by atoms with Crippen LogP contribution < -0.4 is 5.32 Å². The molecular formula is C15H19ClN2O. The van der Waals surface area contributed by atoms with Crippen molar-refractivity contribution < 1.29 is 5.11 Å². The van der Waals surface area contributed by atoms with E-state index in [1.807, 2.05) is 6.07 Å². The van der Waals surface area contributed by atoms with E-state index in [-0.39, 0.29) is 0 Å². The first kappa shape index (κ1) is 14.3. The Morgan fingerprint density at radius 2 is 2.05 bits per heavy atom. The summed E-state index contributed by atoms with van der Waals surface area (Å²) in [7, 11) is 0. The number of nitrogens with zero attached hydrogens (tertiary/aromatic N) is 1. The van der Waals surface area contributed by atoms with Crippen molar-refractivity contribution in [3.8, 4) is 6.07 Å². The lowest BCUT2D eigenvalue weighted by Crippen LogP contribution is -2.41. The molecule has 0 aliphatic heterocycles. The lowest BCUT2D eigenvalue weighted by Gasteiger charge is -2.32. The van der Waals surface area contributed by atoms with Gasteiger partial charge in [0.2, 0.25) is 0 Å². The highest BCUT2D eigenvalue weighted by Crippen LogP contribution is 2.27. The number of nitriles is 1. The van der Waals surface area contributed by atoms with E-state index in [9.17, 15) is 5.11 Å². The number of hydrogen-bond donors (Lipinski definition) is 2. The number of hydrogen-bond acceptors (Lipinski definition) is 3. The van der Waals surface area contributed by atoms with Crippen molar-refractivity contribution in [2.75, 3.05) is 6.54 Å².